The maximum Gasteiger partial charge on any atom is 0.224 e. The molecule has 1 aromatic heterocycles. The Morgan fingerprint density at radius 3 is 2.35 bits per heavy atom. The Hall–Kier alpha value is -3.03. The van der Waals surface area contributed by atoms with Crippen LogP contribution in [0.2, 0.25) is 0 Å². The van der Waals surface area contributed by atoms with Crippen LogP contribution in [0.5, 0.6) is 11.5 Å². The fourth-order valence-corrected chi connectivity index (χ4v) is 5.62. The molecule has 1 saturated heterocycles. The number of nitrogens with one attached hydrogen (secondary N) is 1. The smallest absolute Gasteiger partial charge is 0.224 e. The number of hydrogen-bond acceptors (Lipinski definition) is 6. The lowest BCUT2D eigenvalue weighted by molar-refractivity contribution is -0.121. The number of nitrogens with zero attached hydrogens (tertiary/aromatic N) is 2. The number of thiophene rings is 1. The van der Waals surface area contributed by atoms with Crippen LogP contribution in [0.4, 0.5) is 5.69 Å². The second-order valence-corrected chi connectivity index (χ2v) is 9.52. The Kier molecular flexibility index (Phi) is 8.08. The van der Waals surface area contributed by atoms with E-state index in [4.69, 9.17) is 9.47 Å². The van der Waals surface area contributed by atoms with Gasteiger partial charge in [0, 0.05) is 42.8 Å². The molecule has 7 heteroatoms. The van der Waals surface area contributed by atoms with Crippen LogP contribution in [0.1, 0.15) is 23.4 Å². The van der Waals surface area contributed by atoms with E-state index < -0.39 is 0 Å². The van der Waals surface area contributed by atoms with Crippen molar-refractivity contribution in [3.63, 3.8) is 0 Å². The molecule has 34 heavy (non-hydrogen) atoms. The van der Waals surface area contributed by atoms with Crippen molar-refractivity contribution in [2.24, 2.45) is 0 Å². The number of anilines is 1. The van der Waals surface area contributed by atoms with Crippen LogP contribution in [0, 0.1) is 0 Å². The molecule has 1 aliphatic heterocycles. The van der Waals surface area contributed by atoms with Gasteiger partial charge in [-0.3, -0.25) is 9.69 Å². The summed E-state index contributed by atoms with van der Waals surface area (Å²) in [7, 11) is 3.21. The number of methoxy groups -OCH3 is 2. The fourth-order valence-electron chi connectivity index (χ4n) is 4.66. The SMILES string of the molecule is COc1ccc(CC(=O)NC(C)C(c2cccs2)N2CCN(c3ccccc3)CC2)cc1OC. The van der Waals surface area contributed by atoms with Gasteiger partial charge in [-0.25, -0.2) is 0 Å². The number of ether oxygens (including phenoxy) is 2. The van der Waals surface area contributed by atoms with Crippen LogP contribution in [-0.4, -0.2) is 57.2 Å². The monoisotopic (exact) mass is 479 g/mol. The molecular weight excluding hydrogens is 446 g/mol. The Balaban J connectivity index is 1.41. The summed E-state index contributed by atoms with van der Waals surface area (Å²) in [5.41, 5.74) is 2.16. The Morgan fingerprint density at radius 2 is 1.71 bits per heavy atom. The first kappa shape index (κ1) is 24.1. The van der Waals surface area contributed by atoms with E-state index in [1.54, 1.807) is 25.6 Å². The number of amides is 1. The summed E-state index contributed by atoms with van der Waals surface area (Å²) < 4.78 is 10.7. The quantitative estimate of drug-likeness (QED) is 0.494. The molecule has 1 amide bonds. The molecule has 0 spiro atoms. The first-order chi connectivity index (χ1) is 16.6. The maximum absolute atomic E-state index is 13.0. The topological polar surface area (TPSA) is 54.0 Å². The first-order valence-electron chi connectivity index (χ1n) is 11.7. The van der Waals surface area contributed by atoms with Gasteiger partial charge in [-0.15, -0.1) is 11.3 Å². The zero-order valence-corrected chi connectivity index (χ0v) is 20.9. The Morgan fingerprint density at radius 1 is 0.971 bits per heavy atom. The summed E-state index contributed by atoms with van der Waals surface area (Å²) in [6, 6.07) is 20.6. The van der Waals surface area contributed by atoms with Crippen LogP contribution in [0.3, 0.4) is 0 Å². The molecule has 0 bridgehead atoms. The summed E-state index contributed by atoms with van der Waals surface area (Å²) in [4.78, 5) is 19.2. The molecule has 1 N–H and O–H groups in total. The molecule has 0 aliphatic carbocycles. The zero-order valence-electron chi connectivity index (χ0n) is 20.1. The minimum absolute atomic E-state index is 0.00389. The molecule has 3 aromatic rings. The average Bonchev–Trinajstić information content (AvgIpc) is 3.39. The van der Waals surface area contributed by atoms with E-state index in [-0.39, 0.29) is 18.0 Å². The van der Waals surface area contributed by atoms with Crippen molar-refractivity contribution in [3.05, 3.63) is 76.5 Å². The number of piperazine rings is 1. The molecule has 4 rings (SSSR count). The Bertz CT molecular complexity index is 1050. The average molecular weight is 480 g/mol. The van der Waals surface area contributed by atoms with E-state index in [0.717, 1.165) is 31.7 Å². The standard InChI is InChI=1S/C27H33N3O3S/c1-20(28-26(31)19-21-11-12-23(32-2)24(18-21)33-3)27(25-10-7-17-34-25)30-15-13-29(14-16-30)22-8-5-4-6-9-22/h4-12,17-18,20,27H,13-16,19H2,1-3H3,(H,28,31). The molecule has 0 saturated carbocycles. The molecule has 2 atom stereocenters. The molecule has 0 radical (unpaired) electrons. The van der Waals surface area contributed by atoms with Crippen LogP contribution in [0.25, 0.3) is 0 Å². The van der Waals surface area contributed by atoms with Gasteiger partial charge in [0.1, 0.15) is 0 Å². The van der Waals surface area contributed by atoms with E-state index in [1.807, 2.05) is 18.2 Å². The van der Waals surface area contributed by atoms with Crippen molar-refractivity contribution in [3.8, 4) is 11.5 Å². The summed E-state index contributed by atoms with van der Waals surface area (Å²) in [5, 5.41) is 5.38. The molecule has 1 fully saturated rings. The van der Waals surface area contributed by atoms with Crippen LogP contribution in [-0.2, 0) is 11.2 Å². The van der Waals surface area contributed by atoms with Gasteiger partial charge in [-0.1, -0.05) is 30.3 Å². The van der Waals surface area contributed by atoms with Gasteiger partial charge < -0.3 is 19.7 Å². The van der Waals surface area contributed by atoms with Crippen molar-refractivity contribution < 1.29 is 14.3 Å². The second kappa shape index (κ2) is 11.4. The van der Waals surface area contributed by atoms with Gasteiger partial charge in [0.2, 0.25) is 5.91 Å². The number of carbonyl (C=O) groups excluding carboxylic acids is 1. The van der Waals surface area contributed by atoms with E-state index >= 15 is 0 Å². The lowest BCUT2D eigenvalue weighted by Crippen LogP contribution is -2.52. The van der Waals surface area contributed by atoms with Crippen molar-refractivity contribution in [2.75, 3.05) is 45.3 Å². The van der Waals surface area contributed by atoms with Crippen molar-refractivity contribution >= 4 is 22.9 Å². The summed E-state index contributed by atoms with van der Waals surface area (Å²) in [6.07, 6.45) is 0.295. The second-order valence-electron chi connectivity index (χ2n) is 8.54. The lowest BCUT2D eigenvalue weighted by atomic mass is 10.0. The van der Waals surface area contributed by atoms with Crippen molar-refractivity contribution in [1.82, 2.24) is 10.2 Å². The van der Waals surface area contributed by atoms with E-state index in [0.29, 0.717) is 17.9 Å². The molecular formula is C27H33N3O3S. The van der Waals surface area contributed by atoms with Gasteiger partial charge in [0.05, 0.1) is 26.7 Å². The highest BCUT2D eigenvalue weighted by atomic mass is 32.1. The van der Waals surface area contributed by atoms with Crippen molar-refractivity contribution in [1.29, 1.82) is 0 Å². The van der Waals surface area contributed by atoms with Crippen LogP contribution in [0.15, 0.2) is 66.0 Å². The van der Waals surface area contributed by atoms with Gasteiger partial charge in [-0.2, -0.15) is 0 Å². The minimum atomic E-state index is -0.0189. The maximum atomic E-state index is 13.0. The predicted molar refractivity (Wildman–Crippen MR) is 138 cm³/mol. The van der Waals surface area contributed by atoms with Gasteiger partial charge >= 0.3 is 0 Å². The largest absolute Gasteiger partial charge is 0.493 e. The summed E-state index contributed by atoms with van der Waals surface area (Å²) in [6.45, 7) is 5.96. The van der Waals surface area contributed by atoms with Crippen molar-refractivity contribution in [2.45, 2.75) is 25.4 Å². The third kappa shape index (κ3) is 5.72. The molecule has 1 aliphatic rings. The Labute approximate surface area is 206 Å². The minimum Gasteiger partial charge on any atom is -0.493 e. The molecule has 2 aromatic carbocycles. The zero-order chi connectivity index (χ0) is 23.9. The number of rotatable bonds is 9. The van der Waals surface area contributed by atoms with Gasteiger partial charge in [-0.05, 0) is 48.2 Å². The normalized spacial score (nSPS) is 16.0. The van der Waals surface area contributed by atoms with Gasteiger partial charge in [0.15, 0.2) is 11.5 Å². The lowest BCUT2D eigenvalue weighted by Gasteiger charge is -2.42. The number of benzene rings is 2. The number of hydrogen-bond donors (Lipinski definition) is 1. The molecule has 6 nitrogen and oxygen atoms in total. The van der Waals surface area contributed by atoms with Crippen LogP contribution < -0.4 is 19.7 Å². The van der Waals surface area contributed by atoms with Gasteiger partial charge in [0.25, 0.3) is 0 Å². The van der Waals surface area contributed by atoms with E-state index in [1.165, 1.54) is 10.6 Å². The first-order valence-corrected chi connectivity index (χ1v) is 12.5. The predicted octanol–water partition coefficient (Wildman–Crippen LogP) is 4.38. The fraction of sp³-hybridized carbons (Fsp3) is 0.370. The van der Waals surface area contributed by atoms with E-state index in [9.17, 15) is 4.79 Å². The summed E-state index contributed by atoms with van der Waals surface area (Å²) >= 11 is 1.75. The highest BCUT2D eigenvalue weighted by molar-refractivity contribution is 7.10. The third-order valence-electron chi connectivity index (χ3n) is 6.34. The molecule has 2 unspecified atom stereocenters. The number of para-hydroxylation sites is 1. The van der Waals surface area contributed by atoms with E-state index in [2.05, 4.69) is 69.9 Å². The number of carbonyl (C=O) groups is 1. The molecule has 180 valence electrons. The third-order valence-corrected chi connectivity index (χ3v) is 7.28. The summed E-state index contributed by atoms with van der Waals surface area (Å²) in [5.74, 6) is 1.30. The van der Waals surface area contributed by atoms with Crippen LogP contribution >= 0.6 is 11.3 Å². The molecule has 2 heterocycles. The highest BCUT2D eigenvalue weighted by Crippen LogP contribution is 2.31. The highest BCUT2D eigenvalue weighted by Gasteiger charge is 2.31.